The van der Waals surface area contributed by atoms with E-state index in [4.69, 9.17) is 0 Å². The fourth-order valence-electron chi connectivity index (χ4n) is 1.32. The molecular formula is C9H18N2. The largest absolute Gasteiger partial charge is 0.280 e. The lowest BCUT2D eigenvalue weighted by molar-refractivity contribution is 0.126. The van der Waals surface area contributed by atoms with Crippen molar-refractivity contribution in [2.24, 2.45) is 0 Å². The van der Waals surface area contributed by atoms with Gasteiger partial charge >= 0.3 is 0 Å². The van der Waals surface area contributed by atoms with Crippen molar-refractivity contribution in [3.8, 4) is 0 Å². The number of rotatable bonds is 2. The van der Waals surface area contributed by atoms with Gasteiger partial charge in [-0.15, -0.1) is 0 Å². The molecule has 1 heterocycles. The van der Waals surface area contributed by atoms with Crippen molar-refractivity contribution in [2.45, 2.75) is 33.2 Å². The van der Waals surface area contributed by atoms with Crippen LogP contribution in [0.25, 0.3) is 0 Å². The van der Waals surface area contributed by atoms with Crippen LogP contribution in [0.5, 0.6) is 0 Å². The summed E-state index contributed by atoms with van der Waals surface area (Å²) in [5, 5.41) is 0. The Bertz CT molecular complexity index is 112. The minimum atomic E-state index is 0.601. The summed E-state index contributed by atoms with van der Waals surface area (Å²) >= 11 is 0. The summed E-state index contributed by atoms with van der Waals surface area (Å²) in [6.07, 6.45) is 1.28. The van der Waals surface area contributed by atoms with E-state index in [1.54, 1.807) is 0 Å². The normalized spacial score (nSPS) is 22.9. The van der Waals surface area contributed by atoms with Gasteiger partial charge < -0.3 is 0 Å². The van der Waals surface area contributed by atoms with Crippen molar-refractivity contribution in [3.05, 3.63) is 6.67 Å². The lowest BCUT2D eigenvalue weighted by Gasteiger charge is -2.35. The predicted octanol–water partition coefficient (Wildman–Crippen LogP) is 1.42. The van der Waals surface area contributed by atoms with E-state index in [-0.39, 0.29) is 0 Å². The molecule has 0 amide bonds. The molecule has 11 heavy (non-hydrogen) atoms. The van der Waals surface area contributed by atoms with Gasteiger partial charge in [-0.2, -0.15) is 0 Å². The molecule has 1 fully saturated rings. The minimum absolute atomic E-state index is 0.601. The van der Waals surface area contributed by atoms with Crippen LogP contribution in [0.4, 0.5) is 0 Å². The van der Waals surface area contributed by atoms with Crippen LogP contribution in [0.3, 0.4) is 0 Å². The highest BCUT2D eigenvalue weighted by atomic mass is 15.5. The highest BCUT2D eigenvalue weighted by molar-refractivity contribution is 4.78. The molecule has 0 unspecified atom stereocenters. The van der Waals surface area contributed by atoms with Crippen LogP contribution in [0.15, 0.2) is 0 Å². The van der Waals surface area contributed by atoms with Gasteiger partial charge in [-0.3, -0.25) is 9.80 Å². The standard InChI is InChI=1S/C9H18N2/c1-4-10-6-5-7-11(8-10)9(2)3/h9H,4-7H2,1-3H3/i8+1. The van der Waals surface area contributed by atoms with Gasteiger partial charge in [0, 0.05) is 19.1 Å². The number of hydrogen-bond acceptors (Lipinski definition) is 2. The fourth-order valence-corrected chi connectivity index (χ4v) is 1.32. The van der Waals surface area contributed by atoms with Gasteiger partial charge in [-0.25, -0.2) is 0 Å². The second-order valence-corrected chi connectivity index (χ2v) is 3.32. The summed E-state index contributed by atoms with van der Waals surface area (Å²) < 4.78 is 0. The highest BCUT2D eigenvalue weighted by Gasteiger charge is 2.19. The number of nitrogens with zero attached hydrogens (tertiary/aromatic N) is 2. The van der Waals surface area contributed by atoms with E-state index in [1.165, 1.54) is 19.5 Å². The van der Waals surface area contributed by atoms with Crippen molar-refractivity contribution in [1.29, 1.82) is 0 Å². The molecule has 2 heteroatoms. The van der Waals surface area contributed by atoms with Crippen LogP contribution in [-0.4, -0.2) is 35.5 Å². The molecule has 1 saturated heterocycles. The van der Waals surface area contributed by atoms with Crippen LogP contribution >= 0.6 is 0 Å². The highest BCUT2D eigenvalue weighted by Crippen LogP contribution is 2.12. The van der Waals surface area contributed by atoms with Gasteiger partial charge in [0.15, 0.2) is 0 Å². The molecule has 0 bridgehead atoms. The first-order chi connectivity index (χ1) is 5.24. The molecule has 0 atom stereocenters. The third-order valence-corrected chi connectivity index (χ3v) is 2.10. The lowest BCUT2D eigenvalue weighted by Crippen LogP contribution is -2.43. The molecule has 0 aliphatic carbocycles. The maximum atomic E-state index is 3.37. The Kier molecular flexibility index (Phi) is 3.34. The van der Waals surface area contributed by atoms with Crippen LogP contribution in [0, 0.1) is 6.67 Å². The molecule has 64 valence electrons. The van der Waals surface area contributed by atoms with Gasteiger partial charge in [-0.1, -0.05) is 6.92 Å². The molecule has 1 aliphatic heterocycles. The molecule has 0 saturated carbocycles. The monoisotopic (exact) mass is 155 g/mol. The first-order valence-electron chi connectivity index (χ1n) is 4.52. The Labute approximate surface area is 70.2 Å². The molecule has 1 rings (SSSR count). The Balaban J connectivity index is 2.33. The van der Waals surface area contributed by atoms with E-state index in [2.05, 4.69) is 37.2 Å². The van der Waals surface area contributed by atoms with Crippen molar-refractivity contribution < 1.29 is 0 Å². The summed E-state index contributed by atoms with van der Waals surface area (Å²) in [5.41, 5.74) is 0. The van der Waals surface area contributed by atoms with E-state index in [1.807, 2.05) is 0 Å². The second kappa shape index (κ2) is 4.07. The Hall–Kier alpha value is -0.0800. The van der Waals surface area contributed by atoms with E-state index in [0.717, 1.165) is 6.54 Å². The zero-order valence-electron chi connectivity index (χ0n) is 7.80. The Morgan fingerprint density at radius 1 is 1.36 bits per heavy atom. The topological polar surface area (TPSA) is 6.48 Å². The molecule has 1 aliphatic rings. The SMILES string of the molecule is CCN1CCCN(C(C)C)[13C]1. The van der Waals surface area contributed by atoms with Crippen LogP contribution in [0.2, 0.25) is 0 Å². The van der Waals surface area contributed by atoms with E-state index >= 15 is 0 Å². The van der Waals surface area contributed by atoms with Gasteiger partial charge in [0.2, 0.25) is 0 Å². The van der Waals surface area contributed by atoms with Gasteiger partial charge in [0.1, 0.15) is 6.67 Å². The zero-order valence-corrected chi connectivity index (χ0v) is 7.80. The maximum absolute atomic E-state index is 3.37. The summed E-state index contributed by atoms with van der Waals surface area (Å²) in [7, 11) is 0. The maximum Gasteiger partial charge on any atom is 0.146 e. The summed E-state index contributed by atoms with van der Waals surface area (Å²) in [6, 6.07) is 0.601. The summed E-state index contributed by atoms with van der Waals surface area (Å²) in [4.78, 5) is 4.54. The third kappa shape index (κ3) is 2.46. The lowest BCUT2D eigenvalue weighted by atomic mass is 10.3. The second-order valence-electron chi connectivity index (χ2n) is 3.32. The molecule has 2 radical (unpaired) electrons. The van der Waals surface area contributed by atoms with Crippen LogP contribution < -0.4 is 0 Å². The predicted molar refractivity (Wildman–Crippen MR) is 46.9 cm³/mol. The smallest absolute Gasteiger partial charge is 0.146 e. The van der Waals surface area contributed by atoms with Crippen molar-refractivity contribution in [2.75, 3.05) is 19.6 Å². The molecule has 0 N–H and O–H groups in total. The minimum Gasteiger partial charge on any atom is -0.280 e. The third-order valence-electron chi connectivity index (χ3n) is 2.10. The van der Waals surface area contributed by atoms with Crippen molar-refractivity contribution in [1.82, 2.24) is 9.80 Å². The average Bonchev–Trinajstić information content (AvgIpc) is 2.05. The summed E-state index contributed by atoms with van der Waals surface area (Å²) in [6.45, 7) is 13.4. The van der Waals surface area contributed by atoms with E-state index < -0.39 is 0 Å². The molecule has 0 spiro atoms. The van der Waals surface area contributed by atoms with E-state index in [9.17, 15) is 0 Å². The van der Waals surface area contributed by atoms with Gasteiger partial charge in [0.25, 0.3) is 0 Å². The first kappa shape index (κ1) is 9.01. The van der Waals surface area contributed by atoms with Crippen LogP contribution in [0.1, 0.15) is 27.2 Å². The molecule has 0 aromatic rings. The number of hydrogen-bond donors (Lipinski definition) is 0. The average molecular weight is 155 g/mol. The van der Waals surface area contributed by atoms with Gasteiger partial charge in [-0.05, 0) is 26.8 Å². The zero-order chi connectivity index (χ0) is 8.27. The molecule has 0 aromatic carbocycles. The summed E-state index contributed by atoms with van der Waals surface area (Å²) in [5.74, 6) is 0. The van der Waals surface area contributed by atoms with Crippen molar-refractivity contribution >= 4 is 0 Å². The molecule has 0 aromatic heterocycles. The van der Waals surface area contributed by atoms with E-state index in [0.29, 0.717) is 6.04 Å². The first-order valence-corrected chi connectivity index (χ1v) is 4.52. The fraction of sp³-hybridized carbons (Fsp3) is 0.889. The quantitative estimate of drug-likeness (QED) is 0.556. The molecule has 2 nitrogen and oxygen atoms in total. The molecular weight excluding hydrogens is 137 g/mol. The van der Waals surface area contributed by atoms with Crippen LogP contribution in [-0.2, 0) is 0 Å². The Morgan fingerprint density at radius 3 is 2.64 bits per heavy atom. The van der Waals surface area contributed by atoms with Gasteiger partial charge in [0.05, 0.1) is 0 Å². The van der Waals surface area contributed by atoms with Crippen molar-refractivity contribution in [3.63, 3.8) is 0 Å². The Morgan fingerprint density at radius 2 is 2.09 bits per heavy atom.